The highest BCUT2D eigenvalue weighted by molar-refractivity contribution is 5.85. The predicted octanol–water partition coefficient (Wildman–Crippen LogP) is 8.24. The van der Waals surface area contributed by atoms with Gasteiger partial charge in [-0.3, -0.25) is 0 Å². The molecule has 0 bridgehead atoms. The molecule has 0 spiro atoms. The number of aryl methyl sites for hydroxylation is 4. The standard InChI is InChI=1S/C33H31F/c1-3-5-6-7-29-19-23-32-31(24-29)22-21-30(33(32)34)20-18-28-16-14-27(15-17-28)13-12-26-10-8-25(4-2)9-11-26/h3,5,8-11,14-17,19,21-24H,4,6-7,12-13H2,1-2H3/b5-3+. The van der Waals surface area contributed by atoms with Crippen molar-refractivity contribution in [3.05, 3.63) is 130 Å². The Morgan fingerprint density at radius 1 is 0.706 bits per heavy atom. The first-order valence-electron chi connectivity index (χ1n) is 12.2. The lowest BCUT2D eigenvalue weighted by atomic mass is 10.0. The quantitative estimate of drug-likeness (QED) is 0.198. The van der Waals surface area contributed by atoms with Crippen LogP contribution in [0.15, 0.2) is 91.0 Å². The van der Waals surface area contributed by atoms with Gasteiger partial charge in [-0.2, -0.15) is 0 Å². The summed E-state index contributed by atoms with van der Waals surface area (Å²) in [6, 6.07) is 26.9. The van der Waals surface area contributed by atoms with Crippen LogP contribution in [0.1, 0.15) is 53.6 Å². The van der Waals surface area contributed by atoms with E-state index in [0.29, 0.717) is 10.9 Å². The molecular formula is C33H31F. The maximum absolute atomic E-state index is 15.1. The smallest absolute Gasteiger partial charge is 0.146 e. The molecule has 0 aliphatic rings. The molecule has 0 radical (unpaired) electrons. The van der Waals surface area contributed by atoms with Gasteiger partial charge in [-0.25, -0.2) is 4.39 Å². The van der Waals surface area contributed by atoms with Crippen molar-refractivity contribution in [2.45, 2.75) is 46.0 Å². The third-order valence-electron chi connectivity index (χ3n) is 6.28. The van der Waals surface area contributed by atoms with E-state index in [4.69, 9.17) is 0 Å². The van der Waals surface area contributed by atoms with Crippen molar-refractivity contribution in [1.29, 1.82) is 0 Å². The molecule has 0 aromatic heterocycles. The fraction of sp³-hybridized carbons (Fsp3) is 0.212. The fourth-order valence-corrected chi connectivity index (χ4v) is 4.13. The van der Waals surface area contributed by atoms with Crippen LogP contribution < -0.4 is 0 Å². The van der Waals surface area contributed by atoms with Gasteiger partial charge in [0.2, 0.25) is 0 Å². The second kappa shape index (κ2) is 11.5. The highest BCUT2D eigenvalue weighted by Crippen LogP contribution is 2.23. The number of allylic oxidation sites excluding steroid dienone is 2. The van der Waals surface area contributed by atoms with Crippen LogP contribution in [0.3, 0.4) is 0 Å². The molecule has 1 heteroatoms. The van der Waals surface area contributed by atoms with E-state index < -0.39 is 0 Å². The molecule has 0 saturated carbocycles. The van der Waals surface area contributed by atoms with E-state index in [1.54, 1.807) is 6.07 Å². The average Bonchev–Trinajstić information content (AvgIpc) is 2.88. The zero-order valence-corrected chi connectivity index (χ0v) is 20.1. The molecular weight excluding hydrogens is 415 g/mol. The van der Waals surface area contributed by atoms with Crippen LogP contribution in [-0.2, 0) is 25.7 Å². The monoisotopic (exact) mass is 446 g/mol. The van der Waals surface area contributed by atoms with Gasteiger partial charge in [0, 0.05) is 10.9 Å². The van der Waals surface area contributed by atoms with Gasteiger partial charge in [0.05, 0.1) is 5.56 Å². The molecule has 4 aromatic carbocycles. The second-order valence-electron chi connectivity index (χ2n) is 8.71. The Morgan fingerprint density at radius 2 is 1.35 bits per heavy atom. The van der Waals surface area contributed by atoms with Gasteiger partial charge in [0.1, 0.15) is 5.82 Å². The Bertz CT molecular complexity index is 1330. The van der Waals surface area contributed by atoms with Gasteiger partial charge in [-0.15, -0.1) is 0 Å². The predicted molar refractivity (Wildman–Crippen MR) is 143 cm³/mol. The molecule has 0 nitrogen and oxygen atoms in total. The number of halogens is 1. The van der Waals surface area contributed by atoms with Crippen molar-refractivity contribution in [1.82, 2.24) is 0 Å². The minimum absolute atomic E-state index is 0.240. The van der Waals surface area contributed by atoms with Gasteiger partial charge < -0.3 is 0 Å². The van der Waals surface area contributed by atoms with Gasteiger partial charge in [0.15, 0.2) is 0 Å². The third kappa shape index (κ3) is 6.03. The normalized spacial score (nSPS) is 11.0. The summed E-state index contributed by atoms with van der Waals surface area (Å²) in [6.07, 6.45) is 9.27. The largest absolute Gasteiger partial charge is 0.205 e. The third-order valence-corrected chi connectivity index (χ3v) is 6.28. The summed E-state index contributed by atoms with van der Waals surface area (Å²) in [7, 11) is 0. The molecule has 0 unspecified atom stereocenters. The Labute approximate surface area is 203 Å². The first kappa shape index (κ1) is 23.5. The van der Waals surface area contributed by atoms with E-state index in [0.717, 1.165) is 43.1 Å². The summed E-state index contributed by atoms with van der Waals surface area (Å²) in [5, 5.41) is 1.55. The van der Waals surface area contributed by atoms with Crippen LogP contribution in [0.25, 0.3) is 10.8 Å². The van der Waals surface area contributed by atoms with E-state index in [9.17, 15) is 0 Å². The number of fused-ring (bicyclic) bond motifs is 1. The van der Waals surface area contributed by atoms with Crippen molar-refractivity contribution >= 4 is 10.8 Å². The zero-order valence-electron chi connectivity index (χ0n) is 20.1. The Hall–Kier alpha value is -3.63. The van der Waals surface area contributed by atoms with Crippen molar-refractivity contribution in [3.8, 4) is 11.8 Å². The number of hydrogen-bond acceptors (Lipinski definition) is 0. The Kier molecular flexibility index (Phi) is 7.95. The van der Waals surface area contributed by atoms with Crippen LogP contribution >= 0.6 is 0 Å². The van der Waals surface area contributed by atoms with E-state index in [-0.39, 0.29) is 5.82 Å². The highest BCUT2D eigenvalue weighted by Gasteiger charge is 2.06. The molecule has 0 atom stereocenters. The molecule has 4 aromatic rings. The van der Waals surface area contributed by atoms with E-state index in [1.165, 1.54) is 22.3 Å². The van der Waals surface area contributed by atoms with Crippen molar-refractivity contribution < 1.29 is 4.39 Å². The van der Waals surface area contributed by atoms with Crippen LogP contribution in [-0.4, -0.2) is 0 Å². The van der Waals surface area contributed by atoms with Crippen LogP contribution in [0, 0.1) is 17.7 Å². The van der Waals surface area contributed by atoms with E-state index in [2.05, 4.69) is 73.4 Å². The summed E-state index contributed by atoms with van der Waals surface area (Å²) in [5.74, 6) is 5.92. The zero-order chi connectivity index (χ0) is 23.8. The highest BCUT2D eigenvalue weighted by atomic mass is 19.1. The van der Waals surface area contributed by atoms with E-state index in [1.807, 2.05) is 37.3 Å². The minimum Gasteiger partial charge on any atom is -0.205 e. The van der Waals surface area contributed by atoms with Crippen LogP contribution in [0.2, 0.25) is 0 Å². The average molecular weight is 447 g/mol. The lowest BCUT2D eigenvalue weighted by Gasteiger charge is -2.05. The van der Waals surface area contributed by atoms with Crippen LogP contribution in [0.5, 0.6) is 0 Å². The maximum Gasteiger partial charge on any atom is 0.146 e. The molecule has 0 amide bonds. The topological polar surface area (TPSA) is 0 Å². The number of benzene rings is 4. The summed E-state index contributed by atoms with van der Waals surface area (Å²) < 4.78 is 15.1. The van der Waals surface area contributed by atoms with Crippen molar-refractivity contribution in [2.24, 2.45) is 0 Å². The molecule has 4 rings (SSSR count). The summed E-state index contributed by atoms with van der Waals surface area (Å²) in [5.41, 5.74) is 6.58. The second-order valence-corrected chi connectivity index (χ2v) is 8.71. The summed E-state index contributed by atoms with van der Waals surface area (Å²) >= 11 is 0. The lowest BCUT2D eigenvalue weighted by Crippen LogP contribution is -1.92. The molecule has 0 fully saturated rings. The van der Waals surface area contributed by atoms with E-state index >= 15 is 4.39 Å². The number of hydrogen-bond donors (Lipinski definition) is 0. The van der Waals surface area contributed by atoms with Gasteiger partial charge in [-0.05, 0) is 84.9 Å². The first-order valence-corrected chi connectivity index (χ1v) is 12.2. The molecule has 0 aliphatic heterocycles. The lowest BCUT2D eigenvalue weighted by molar-refractivity contribution is 0.636. The van der Waals surface area contributed by atoms with Crippen LogP contribution in [0.4, 0.5) is 4.39 Å². The molecule has 34 heavy (non-hydrogen) atoms. The Morgan fingerprint density at radius 3 is 2.03 bits per heavy atom. The summed E-state index contributed by atoms with van der Waals surface area (Å²) in [6.45, 7) is 4.21. The SMILES string of the molecule is C/C=C/CCc1ccc2c(F)c(C#Cc3ccc(CCc4ccc(CC)cc4)cc3)ccc2c1. The van der Waals surface area contributed by atoms with Gasteiger partial charge in [0.25, 0.3) is 0 Å². The molecule has 0 heterocycles. The fourth-order valence-electron chi connectivity index (χ4n) is 4.13. The van der Waals surface area contributed by atoms with Crippen molar-refractivity contribution in [3.63, 3.8) is 0 Å². The maximum atomic E-state index is 15.1. The van der Waals surface area contributed by atoms with Crippen molar-refractivity contribution in [2.75, 3.05) is 0 Å². The minimum atomic E-state index is -0.240. The van der Waals surface area contributed by atoms with Gasteiger partial charge >= 0.3 is 0 Å². The molecule has 0 saturated heterocycles. The number of rotatable bonds is 7. The summed E-state index contributed by atoms with van der Waals surface area (Å²) in [4.78, 5) is 0. The molecule has 0 aliphatic carbocycles. The molecule has 0 N–H and O–H groups in total. The Balaban J connectivity index is 1.42. The first-order chi connectivity index (χ1) is 16.7. The van der Waals surface area contributed by atoms with Gasteiger partial charge in [-0.1, -0.05) is 91.6 Å². The molecule has 170 valence electrons.